The minimum Gasteiger partial charge on any atom is -0.468 e. The number of nitrogens with zero attached hydrogens (tertiary/aromatic N) is 3. The van der Waals surface area contributed by atoms with E-state index in [0.717, 1.165) is 31.0 Å². The molecule has 2 aromatic rings. The van der Waals surface area contributed by atoms with Gasteiger partial charge in [-0.3, -0.25) is 10.2 Å². The number of amides is 2. The van der Waals surface area contributed by atoms with Gasteiger partial charge in [-0.15, -0.1) is 0 Å². The molecule has 0 atom stereocenters. The lowest BCUT2D eigenvalue weighted by Crippen LogP contribution is -2.32. The summed E-state index contributed by atoms with van der Waals surface area (Å²) in [5.74, 6) is -2.39. The molecule has 0 bridgehead atoms. The van der Waals surface area contributed by atoms with E-state index in [1.807, 2.05) is 5.32 Å². The summed E-state index contributed by atoms with van der Waals surface area (Å²) in [5.41, 5.74) is -1.41. The van der Waals surface area contributed by atoms with Crippen LogP contribution in [0.1, 0.15) is 11.1 Å². The number of hydrogen-bond acceptors (Lipinski definition) is 5. The fraction of sp³-hybridized carbons (Fsp3) is 0.389. The molecule has 0 aliphatic heterocycles. The third-order valence-corrected chi connectivity index (χ3v) is 3.91. The average molecular weight is 506 g/mol. The topological polar surface area (TPSA) is 76.6 Å². The highest BCUT2D eigenvalue weighted by Gasteiger charge is 2.32. The van der Waals surface area contributed by atoms with Crippen molar-refractivity contribution >= 4 is 17.7 Å². The largest absolute Gasteiger partial charge is 0.468 e. The van der Waals surface area contributed by atoms with E-state index < -0.39 is 66.6 Å². The molecule has 34 heavy (non-hydrogen) atoms. The number of anilines is 2. The number of aromatic nitrogens is 2. The van der Waals surface area contributed by atoms with Gasteiger partial charge in [-0.25, -0.2) is 4.79 Å². The highest BCUT2D eigenvalue weighted by atomic mass is 19.4. The van der Waals surface area contributed by atoms with Crippen molar-refractivity contribution in [3.8, 4) is 11.8 Å². The molecule has 1 aromatic heterocycles. The molecular weight excluding hydrogens is 491 g/mol. The summed E-state index contributed by atoms with van der Waals surface area (Å²) in [6.45, 7) is -2.65. The lowest BCUT2D eigenvalue weighted by atomic mass is 10.2. The molecule has 1 heterocycles. The van der Waals surface area contributed by atoms with Crippen LogP contribution in [-0.2, 0) is 6.18 Å². The Balaban J connectivity index is 2.28. The molecule has 0 radical (unpaired) electrons. The minimum atomic E-state index is -4.81. The molecule has 0 saturated heterocycles. The second-order valence-electron chi connectivity index (χ2n) is 6.62. The van der Waals surface area contributed by atoms with Gasteiger partial charge in [-0.2, -0.15) is 49.5 Å². The number of carbonyl (C=O) groups excluding carboxylic acids is 1. The number of carbonyl (C=O) groups is 1. The van der Waals surface area contributed by atoms with Crippen LogP contribution in [0.2, 0.25) is 0 Å². The molecule has 2 rings (SSSR count). The van der Waals surface area contributed by atoms with Crippen LogP contribution in [-0.4, -0.2) is 48.6 Å². The monoisotopic (exact) mass is 506 g/mol. The van der Waals surface area contributed by atoms with Gasteiger partial charge in [-0.05, 0) is 31.2 Å². The summed E-state index contributed by atoms with van der Waals surface area (Å²) in [7, 11) is 1.13. The molecule has 1 N–H and O–H groups in total. The maximum absolute atomic E-state index is 12.7. The number of benzene rings is 1. The van der Waals surface area contributed by atoms with Crippen molar-refractivity contribution in [2.24, 2.45) is 0 Å². The maximum atomic E-state index is 12.7. The third-order valence-electron chi connectivity index (χ3n) is 3.91. The van der Waals surface area contributed by atoms with Crippen LogP contribution in [0.3, 0.4) is 0 Å². The van der Waals surface area contributed by atoms with Crippen molar-refractivity contribution in [2.45, 2.75) is 25.5 Å². The minimum absolute atomic E-state index is 0.0281. The number of rotatable bonds is 6. The number of halogens is 9. The lowest BCUT2D eigenvalue weighted by Gasteiger charge is -2.19. The molecule has 0 aliphatic rings. The Labute approximate surface area is 185 Å². The van der Waals surface area contributed by atoms with Crippen LogP contribution >= 0.6 is 0 Å². The number of ether oxygens (including phenoxy) is 2. The predicted octanol–water partition coefficient (Wildman–Crippen LogP) is 5.35. The maximum Gasteiger partial charge on any atom is 0.422 e. The summed E-state index contributed by atoms with van der Waals surface area (Å²) in [6.07, 6.45) is -14.2. The first-order chi connectivity index (χ1) is 15.5. The third kappa shape index (κ3) is 7.84. The van der Waals surface area contributed by atoms with Crippen molar-refractivity contribution in [2.75, 3.05) is 30.5 Å². The van der Waals surface area contributed by atoms with Crippen molar-refractivity contribution in [3.63, 3.8) is 0 Å². The second kappa shape index (κ2) is 9.80. The van der Waals surface area contributed by atoms with Crippen LogP contribution in [0.5, 0.6) is 11.8 Å². The van der Waals surface area contributed by atoms with E-state index in [0.29, 0.717) is 12.1 Å². The molecule has 0 fully saturated rings. The van der Waals surface area contributed by atoms with Crippen LogP contribution in [0.25, 0.3) is 0 Å². The number of nitrogens with one attached hydrogen (secondary N) is 1. The Morgan fingerprint density at radius 2 is 1.32 bits per heavy atom. The molecular formula is C18H15F9N4O3. The molecule has 1 aromatic carbocycles. The normalized spacial score (nSPS) is 12.3. The van der Waals surface area contributed by atoms with Gasteiger partial charge in [0, 0.05) is 12.7 Å². The van der Waals surface area contributed by atoms with Crippen LogP contribution < -0.4 is 19.7 Å². The zero-order valence-electron chi connectivity index (χ0n) is 17.2. The van der Waals surface area contributed by atoms with Gasteiger partial charge in [0.15, 0.2) is 13.2 Å². The van der Waals surface area contributed by atoms with Gasteiger partial charge in [0.2, 0.25) is 17.7 Å². The highest BCUT2D eigenvalue weighted by Crippen LogP contribution is 2.31. The Kier molecular flexibility index (Phi) is 7.72. The predicted molar refractivity (Wildman–Crippen MR) is 98.7 cm³/mol. The van der Waals surface area contributed by atoms with Gasteiger partial charge >= 0.3 is 24.6 Å². The fourth-order valence-corrected chi connectivity index (χ4v) is 2.28. The Morgan fingerprint density at radius 1 is 0.882 bits per heavy atom. The first-order valence-electron chi connectivity index (χ1n) is 8.96. The van der Waals surface area contributed by atoms with E-state index in [1.165, 1.54) is 0 Å². The van der Waals surface area contributed by atoms with Crippen LogP contribution in [0, 0.1) is 6.92 Å². The van der Waals surface area contributed by atoms with Crippen molar-refractivity contribution in [1.82, 2.24) is 9.97 Å². The molecule has 0 unspecified atom stereocenters. The molecule has 7 nitrogen and oxygen atoms in total. The molecule has 0 spiro atoms. The van der Waals surface area contributed by atoms with Gasteiger partial charge in [-0.1, -0.05) is 0 Å². The second-order valence-corrected chi connectivity index (χ2v) is 6.62. The molecule has 188 valence electrons. The van der Waals surface area contributed by atoms with E-state index in [1.54, 1.807) is 0 Å². The van der Waals surface area contributed by atoms with Crippen molar-refractivity contribution < 1.29 is 53.8 Å². The van der Waals surface area contributed by atoms with Gasteiger partial charge in [0.25, 0.3) is 0 Å². The first kappa shape index (κ1) is 26.8. The first-order valence-corrected chi connectivity index (χ1v) is 8.96. The fourth-order valence-electron chi connectivity index (χ4n) is 2.28. The molecule has 2 amide bonds. The summed E-state index contributed by atoms with van der Waals surface area (Å²) in [4.78, 5) is 20.3. The standard InChI is InChI=1S/C18H15F9N4O3/c1-9-12(33-7-16(19,20)21)28-14(29-13(9)34-8-17(22,23)24)30-15(32)31(2)11-5-3-10(4-6-11)18(25,26)27/h3-6H,7-8H2,1-2H3,(H,28,29,30,32). The van der Waals surface area contributed by atoms with E-state index in [2.05, 4.69) is 19.4 Å². The number of hydrogen-bond donors (Lipinski definition) is 1. The lowest BCUT2D eigenvalue weighted by molar-refractivity contribution is -0.154. The molecule has 0 aliphatic carbocycles. The average Bonchev–Trinajstić information content (AvgIpc) is 2.70. The zero-order chi connectivity index (χ0) is 25.9. The summed E-state index contributed by atoms with van der Waals surface area (Å²) < 4.78 is 122. The van der Waals surface area contributed by atoms with Gasteiger partial charge in [0.1, 0.15) is 0 Å². The van der Waals surface area contributed by atoms with Crippen molar-refractivity contribution in [3.05, 3.63) is 35.4 Å². The van der Waals surface area contributed by atoms with Gasteiger partial charge in [0.05, 0.1) is 11.1 Å². The summed E-state index contributed by atoms with van der Waals surface area (Å²) >= 11 is 0. The Hall–Kier alpha value is -3.46. The van der Waals surface area contributed by atoms with E-state index in [9.17, 15) is 44.3 Å². The smallest absolute Gasteiger partial charge is 0.422 e. The van der Waals surface area contributed by atoms with E-state index in [-0.39, 0.29) is 5.69 Å². The highest BCUT2D eigenvalue weighted by molar-refractivity contribution is 6.00. The Bertz CT molecular complexity index is 967. The van der Waals surface area contributed by atoms with E-state index in [4.69, 9.17) is 0 Å². The summed E-state index contributed by atoms with van der Waals surface area (Å²) in [5, 5.41) is 2.01. The van der Waals surface area contributed by atoms with E-state index >= 15 is 0 Å². The van der Waals surface area contributed by atoms with Crippen LogP contribution in [0.15, 0.2) is 24.3 Å². The molecule has 0 saturated carbocycles. The Morgan fingerprint density at radius 3 is 1.71 bits per heavy atom. The zero-order valence-corrected chi connectivity index (χ0v) is 17.2. The SMILES string of the molecule is Cc1c(OCC(F)(F)F)nc(NC(=O)N(C)c2ccc(C(F)(F)F)cc2)nc1OCC(F)(F)F. The number of urea groups is 1. The number of alkyl halides is 9. The van der Waals surface area contributed by atoms with Crippen molar-refractivity contribution in [1.29, 1.82) is 0 Å². The van der Waals surface area contributed by atoms with Gasteiger partial charge < -0.3 is 9.47 Å². The quantitative estimate of drug-likeness (QED) is 0.535. The van der Waals surface area contributed by atoms with Crippen LogP contribution in [0.4, 0.5) is 55.9 Å². The summed E-state index contributed by atoms with van der Waals surface area (Å²) in [6, 6.07) is 2.26. The molecule has 16 heteroatoms.